The Morgan fingerprint density at radius 2 is 1.91 bits per heavy atom. The summed E-state index contributed by atoms with van der Waals surface area (Å²) in [5.74, 6) is -0.910. The van der Waals surface area contributed by atoms with Gasteiger partial charge in [0, 0.05) is 24.9 Å². The molecule has 0 spiro atoms. The number of rotatable bonds is 5. The van der Waals surface area contributed by atoms with Gasteiger partial charge in [0.15, 0.2) is 0 Å². The summed E-state index contributed by atoms with van der Waals surface area (Å²) >= 11 is 1.19. The summed E-state index contributed by atoms with van der Waals surface area (Å²) < 4.78 is 33.5. The predicted octanol–water partition coefficient (Wildman–Crippen LogP) is 4.04. The number of esters is 1. The number of ether oxygens (including phenoxy) is 1. The molecule has 0 fully saturated rings. The van der Waals surface area contributed by atoms with Gasteiger partial charge in [0.05, 0.1) is 5.69 Å². The number of imidazole rings is 1. The van der Waals surface area contributed by atoms with E-state index < -0.39 is 11.6 Å². The number of carbonyl (C=O) groups is 1. The summed E-state index contributed by atoms with van der Waals surface area (Å²) in [5, 5.41) is 0.648. The summed E-state index contributed by atoms with van der Waals surface area (Å²) in [5.41, 5.74) is 0.918. The highest BCUT2D eigenvalue weighted by Gasteiger charge is 2.19. The van der Waals surface area contributed by atoms with Crippen molar-refractivity contribution in [1.82, 2.24) is 9.55 Å². The number of benzene rings is 1. The van der Waals surface area contributed by atoms with E-state index in [0.717, 1.165) is 11.8 Å². The van der Waals surface area contributed by atoms with Gasteiger partial charge in [-0.15, -0.1) is 0 Å². The normalized spacial score (nSPS) is 11.1. The molecule has 0 aliphatic rings. The zero-order chi connectivity index (χ0) is 17.1. The molecule has 23 heavy (non-hydrogen) atoms. The van der Waals surface area contributed by atoms with E-state index in [1.165, 1.54) is 30.8 Å². The second-order valence-corrected chi connectivity index (χ2v) is 6.48. The maximum absolute atomic E-state index is 13.3. The highest BCUT2D eigenvalue weighted by Crippen LogP contribution is 2.34. The Hall–Kier alpha value is -1.89. The zero-order valence-corrected chi connectivity index (χ0v) is 14.2. The molecule has 0 N–H and O–H groups in total. The molecule has 0 amide bonds. The van der Waals surface area contributed by atoms with Crippen LogP contribution < -0.4 is 0 Å². The van der Waals surface area contributed by atoms with Crippen molar-refractivity contribution in [3.8, 4) is 0 Å². The molecule has 0 atom stereocenters. The zero-order valence-electron chi connectivity index (χ0n) is 13.4. The van der Waals surface area contributed by atoms with Gasteiger partial charge < -0.3 is 9.30 Å². The minimum Gasteiger partial charge on any atom is -0.458 e. The molecule has 1 aromatic carbocycles. The molecule has 0 saturated carbocycles. The number of hydrogen-bond donors (Lipinski definition) is 0. The van der Waals surface area contributed by atoms with Crippen molar-refractivity contribution < 1.29 is 18.3 Å². The number of nitrogens with zero attached hydrogens (tertiary/aromatic N) is 2. The monoisotopic (exact) mass is 340 g/mol. The summed E-state index contributed by atoms with van der Waals surface area (Å²) in [4.78, 5) is 15.9. The standard InChI is InChI=1S/C16H18F2N2O2S/c1-9(2)15-16(19-14(20(15)4)8-22-10(3)21)23-13-6-11(17)5-12(18)7-13/h5-7,9H,8H2,1-4H3. The third-order valence-electron chi connectivity index (χ3n) is 3.20. The Balaban J connectivity index is 2.36. The molecule has 1 heterocycles. The second-order valence-electron chi connectivity index (χ2n) is 5.42. The van der Waals surface area contributed by atoms with Gasteiger partial charge in [-0.05, 0) is 18.1 Å². The average molecular weight is 340 g/mol. The lowest BCUT2D eigenvalue weighted by Gasteiger charge is -2.10. The third kappa shape index (κ3) is 4.31. The van der Waals surface area contributed by atoms with Crippen molar-refractivity contribution in [3.05, 3.63) is 41.4 Å². The topological polar surface area (TPSA) is 44.1 Å². The van der Waals surface area contributed by atoms with E-state index in [1.807, 2.05) is 25.5 Å². The van der Waals surface area contributed by atoms with Crippen molar-refractivity contribution in [3.63, 3.8) is 0 Å². The van der Waals surface area contributed by atoms with E-state index in [4.69, 9.17) is 4.74 Å². The van der Waals surface area contributed by atoms with Gasteiger partial charge in [-0.25, -0.2) is 13.8 Å². The van der Waals surface area contributed by atoms with Crippen molar-refractivity contribution in [1.29, 1.82) is 0 Å². The number of aromatic nitrogens is 2. The van der Waals surface area contributed by atoms with Crippen molar-refractivity contribution in [2.75, 3.05) is 0 Å². The van der Waals surface area contributed by atoms with Crippen LogP contribution in [0.2, 0.25) is 0 Å². The summed E-state index contributed by atoms with van der Waals surface area (Å²) in [6, 6.07) is 3.36. The molecule has 0 aliphatic heterocycles. The van der Waals surface area contributed by atoms with E-state index in [9.17, 15) is 13.6 Å². The number of halogens is 2. The van der Waals surface area contributed by atoms with Gasteiger partial charge in [0.1, 0.15) is 29.1 Å². The first-order chi connectivity index (χ1) is 10.8. The third-order valence-corrected chi connectivity index (χ3v) is 4.17. The van der Waals surface area contributed by atoms with E-state index in [-0.39, 0.29) is 18.5 Å². The molecule has 0 saturated heterocycles. The van der Waals surface area contributed by atoms with Crippen LogP contribution in [0.15, 0.2) is 28.1 Å². The van der Waals surface area contributed by atoms with Gasteiger partial charge in [0.2, 0.25) is 0 Å². The van der Waals surface area contributed by atoms with Crippen LogP contribution >= 0.6 is 11.8 Å². The first-order valence-corrected chi connectivity index (χ1v) is 7.92. The lowest BCUT2D eigenvalue weighted by atomic mass is 10.1. The van der Waals surface area contributed by atoms with Gasteiger partial charge >= 0.3 is 5.97 Å². The second kappa shape index (κ2) is 7.12. The minimum atomic E-state index is -0.630. The summed E-state index contributed by atoms with van der Waals surface area (Å²) in [7, 11) is 1.83. The maximum Gasteiger partial charge on any atom is 0.303 e. The quantitative estimate of drug-likeness (QED) is 0.771. The van der Waals surface area contributed by atoms with Crippen LogP contribution in [0.25, 0.3) is 0 Å². The van der Waals surface area contributed by atoms with Gasteiger partial charge in [-0.3, -0.25) is 4.79 Å². The van der Waals surface area contributed by atoms with Crippen LogP contribution in [0.3, 0.4) is 0 Å². The molecule has 1 aromatic heterocycles. The van der Waals surface area contributed by atoms with Crippen LogP contribution in [0.1, 0.15) is 38.2 Å². The molecule has 4 nitrogen and oxygen atoms in total. The first-order valence-electron chi connectivity index (χ1n) is 7.10. The maximum atomic E-state index is 13.3. The molecule has 2 aromatic rings. The van der Waals surface area contributed by atoms with Crippen molar-refractivity contribution in [2.24, 2.45) is 7.05 Å². The molecule has 2 rings (SSSR count). The van der Waals surface area contributed by atoms with E-state index in [1.54, 1.807) is 0 Å². The lowest BCUT2D eigenvalue weighted by Crippen LogP contribution is -2.07. The highest BCUT2D eigenvalue weighted by atomic mass is 32.2. The average Bonchev–Trinajstić information content (AvgIpc) is 2.71. The summed E-state index contributed by atoms with van der Waals surface area (Å²) in [6.07, 6.45) is 0. The lowest BCUT2D eigenvalue weighted by molar-refractivity contribution is -0.142. The van der Waals surface area contributed by atoms with Crippen molar-refractivity contribution >= 4 is 17.7 Å². The van der Waals surface area contributed by atoms with Crippen LogP contribution in [0.4, 0.5) is 8.78 Å². The fourth-order valence-electron chi connectivity index (χ4n) is 2.24. The Morgan fingerprint density at radius 3 is 2.43 bits per heavy atom. The molecule has 0 radical (unpaired) electrons. The van der Waals surface area contributed by atoms with E-state index in [2.05, 4.69) is 4.98 Å². The molecular weight excluding hydrogens is 322 g/mol. The largest absolute Gasteiger partial charge is 0.458 e. The molecule has 0 bridgehead atoms. The fourth-order valence-corrected chi connectivity index (χ4v) is 3.43. The van der Waals surface area contributed by atoms with Gasteiger partial charge in [0.25, 0.3) is 0 Å². The Bertz CT molecular complexity index is 709. The van der Waals surface area contributed by atoms with Crippen LogP contribution in [0, 0.1) is 11.6 Å². The SMILES string of the molecule is CC(=O)OCc1nc(Sc2cc(F)cc(F)c2)c(C(C)C)n1C. The Morgan fingerprint density at radius 1 is 1.30 bits per heavy atom. The molecular formula is C16H18F2N2O2S. The number of carbonyl (C=O) groups excluding carboxylic acids is 1. The minimum absolute atomic E-state index is 0.0592. The van der Waals surface area contributed by atoms with Gasteiger partial charge in [-0.2, -0.15) is 0 Å². The van der Waals surface area contributed by atoms with Gasteiger partial charge in [-0.1, -0.05) is 25.6 Å². The van der Waals surface area contributed by atoms with Crippen LogP contribution in [0.5, 0.6) is 0 Å². The predicted molar refractivity (Wildman–Crippen MR) is 83.2 cm³/mol. The molecule has 124 valence electrons. The van der Waals surface area contributed by atoms with Crippen LogP contribution in [-0.4, -0.2) is 15.5 Å². The van der Waals surface area contributed by atoms with Crippen LogP contribution in [-0.2, 0) is 23.2 Å². The summed E-state index contributed by atoms with van der Waals surface area (Å²) in [6.45, 7) is 5.40. The number of hydrogen-bond acceptors (Lipinski definition) is 4. The molecule has 0 unspecified atom stereocenters. The fraction of sp³-hybridized carbons (Fsp3) is 0.375. The van der Waals surface area contributed by atoms with E-state index >= 15 is 0 Å². The van der Waals surface area contributed by atoms with Crippen molar-refractivity contribution in [2.45, 2.75) is 43.2 Å². The first kappa shape index (κ1) is 17.5. The Kier molecular flexibility index (Phi) is 5.41. The highest BCUT2D eigenvalue weighted by molar-refractivity contribution is 7.99. The van der Waals surface area contributed by atoms with E-state index in [0.29, 0.717) is 15.7 Å². The molecule has 7 heteroatoms. The molecule has 0 aliphatic carbocycles. The Labute approximate surface area is 137 Å². The smallest absolute Gasteiger partial charge is 0.303 e.